The molecule has 1 aromatic rings. The van der Waals surface area contributed by atoms with Gasteiger partial charge in [0.25, 0.3) is 0 Å². The van der Waals surface area contributed by atoms with Crippen molar-refractivity contribution in [2.75, 3.05) is 18.5 Å². The molecule has 0 amide bonds. The van der Waals surface area contributed by atoms with E-state index in [2.05, 4.69) is 10.3 Å². The molecular weight excluding hydrogens is 242 g/mol. The van der Waals surface area contributed by atoms with Gasteiger partial charge in [0, 0.05) is 19.0 Å². The van der Waals surface area contributed by atoms with Gasteiger partial charge in [0.2, 0.25) is 0 Å². The van der Waals surface area contributed by atoms with Gasteiger partial charge in [-0.2, -0.15) is 0 Å². The van der Waals surface area contributed by atoms with Crippen molar-refractivity contribution in [3.05, 3.63) is 22.3 Å². The summed E-state index contributed by atoms with van der Waals surface area (Å²) in [5.41, 5.74) is 0.563. The first kappa shape index (κ1) is 13.4. The summed E-state index contributed by atoms with van der Waals surface area (Å²) in [7, 11) is 0. The van der Waals surface area contributed by atoms with E-state index in [1.807, 2.05) is 6.92 Å². The van der Waals surface area contributed by atoms with Crippen molar-refractivity contribution in [2.24, 2.45) is 0 Å². The minimum absolute atomic E-state index is 0.175. The van der Waals surface area contributed by atoms with Crippen LogP contribution >= 0.6 is 11.6 Å². The van der Waals surface area contributed by atoms with Crippen molar-refractivity contribution in [3.8, 4) is 0 Å². The van der Waals surface area contributed by atoms with E-state index >= 15 is 0 Å². The first-order valence-electron chi connectivity index (χ1n) is 5.25. The van der Waals surface area contributed by atoms with Crippen molar-refractivity contribution >= 4 is 29.6 Å². The van der Waals surface area contributed by atoms with Crippen LogP contribution in [0.1, 0.15) is 29.8 Å². The maximum atomic E-state index is 11.6. The van der Waals surface area contributed by atoms with E-state index in [0.717, 1.165) is 6.21 Å². The number of rotatable bonds is 5. The highest BCUT2D eigenvalue weighted by molar-refractivity contribution is 6.36. The van der Waals surface area contributed by atoms with Crippen LogP contribution in [0.2, 0.25) is 5.02 Å². The lowest BCUT2D eigenvalue weighted by Gasteiger charge is -2.10. The van der Waals surface area contributed by atoms with Crippen LogP contribution in [0.3, 0.4) is 0 Å². The van der Waals surface area contributed by atoms with E-state index < -0.39 is 5.97 Å². The van der Waals surface area contributed by atoms with E-state index in [-0.39, 0.29) is 17.2 Å². The van der Waals surface area contributed by atoms with Crippen LogP contribution in [0, 0.1) is 5.41 Å². The number of anilines is 1. The first-order valence-corrected chi connectivity index (χ1v) is 5.63. The van der Waals surface area contributed by atoms with Crippen molar-refractivity contribution in [3.63, 3.8) is 0 Å². The molecule has 0 aliphatic rings. The zero-order valence-corrected chi connectivity index (χ0v) is 10.5. The van der Waals surface area contributed by atoms with Crippen LogP contribution < -0.4 is 5.32 Å². The first-order chi connectivity index (χ1) is 8.15. The third-order valence-corrected chi connectivity index (χ3v) is 2.44. The van der Waals surface area contributed by atoms with Gasteiger partial charge in [-0.05, 0) is 13.8 Å². The Bertz CT molecular complexity index is 435. The second-order valence-electron chi connectivity index (χ2n) is 3.14. The van der Waals surface area contributed by atoms with Crippen LogP contribution in [0.15, 0.2) is 6.20 Å². The van der Waals surface area contributed by atoms with Crippen molar-refractivity contribution in [1.29, 1.82) is 5.41 Å². The number of nitrogens with one attached hydrogen (secondary N) is 2. The number of nitrogens with zero attached hydrogens (tertiary/aromatic N) is 1. The summed E-state index contributed by atoms with van der Waals surface area (Å²) < 4.78 is 4.85. The fourth-order valence-corrected chi connectivity index (χ4v) is 1.57. The molecule has 0 aromatic carbocycles. The molecule has 0 aliphatic heterocycles. The number of carbonyl (C=O) groups is 1. The predicted octanol–water partition coefficient (Wildman–Crippen LogP) is 2.34. The normalized spacial score (nSPS) is 9.82. The molecule has 17 heavy (non-hydrogen) atoms. The fraction of sp³-hybridized carbons (Fsp3) is 0.364. The maximum absolute atomic E-state index is 11.6. The largest absolute Gasteiger partial charge is 0.462 e. The Morgan fingerprint density at radius 2 is 2.35 bits per heavy atom. The third-order valence-electron chi connectivity index (χ3n) is 2.03. The van der Waals surface area contributed by atoms with Gasteiger partial charge in [0.15, 0.2) is 0 Å². The molecule has 0 aliphatic carbocycles. The monoisotopic (exact) mass is 255 g/mol. The van der Waals surface area contributed by atoms with Crippen molar-refractivity contribution < 1.29 is 9.53 Å². The molecule has 0 saturated carbocycles. The van der Waals surface area contributed by atoms with Crippen LogP contribution in [-0.4, -0.2) is 30.3 Å². The van der Waals surface area contributed by atoms with Gasteiger partial charge < -0.3 is 15.5 Å². The Kier molecular flexibility index (Phi) is 4.90. The molecule has 1 rings (SSSR count). The van der Waals surface area contributed by atoms with E-state index in [9.17, 15) is 4.79 Å². The fourth-order valence-electron chi connectivity index (χ4n) is 1.30. The highest BCUT2D eigenvalue weighted by Crippen LogP contribution is 2.25. The molecule has 92 valence electrons. The molecule has 6 heteroatoms. The molecule has 2 N–H and O–H groups in total. The summed E-state index contributed by atoms with van der Waals surface area (Å²) in [5, 5.41) is 10.5. The minimum atomic E-state index is -0.531. The van der Waals surface area contributed by atoms with E-state index in [1.165, 1.54) is 6.20 Å². The highest BCUT2D eigenvalue weighted by Gasteiger charge is 2.17. The Morgan fingerprint density at radius 1 is 1.65 bits per heavy atom. The van der Waals surface area contributed by atoms with Crippen LogP contribution in [0.4, 0.5) is 5.82 Å². The van der Waals surface area contributed by atoms with E-state index in [1.54, 1.807) is 6.92 Å². The Balaban J connectivity index is 3.19. The summed E-state index contributed by atoms with van der Waals surface area (Å²) in [6.45, 7) is 4.54. The van der Waals surface area contributed by atoms with Gasteiger partial charge in [-0.15, -0.1) is 0 Å². The summed E-state index contributed by atoms with van der Waals surface area (Å²) in [5.74, 6) is -0.0447. The molecule has 0 unspecified atom stereocenters. The second-order valence-corrected chi connectivity index (χ2v) is 3.52. The second kappa shape index (κ2) is 6.20. The smallest absolute Gasteiger partial charge is 0.341 e. The summed E-state index contributed by atoms with van der Waals surface area (Å²) in [4.78, 5) is 15.6. The quantitative estimate of drug-likeness (QED) is 0.626. The third kappa shape index (κ3) is 2.94. The molecular formula is C11H14ClN3O2. The van der Waals surface area contributed by atoms with Crippen LogP contribution in [0.5, 0.6) is 0 Å². The lowest BCUT2D eigenvalue weighted by Crippen LogP contribution is -2.10. The van der Waals surface area contributed by atoms with Gasteiger partial charge in [0.05, 0.1) is 22.8 Å². The van der Waals surface area contributed by atoms with Gasteiger partial charge in [-0.1, -0.05) is 11.6 Å². The summed E-state index contributed by atoms with van der Waals surface area (Å²) in [6.07, 6.45) is 2.42. The lowest BCUT2D eigenvalue weighted by atomic mass is 10.2. The number of hydrogen-bond donors (Lipinski definition) is 2. The molecule has 0 radical (unpaired) electrons. The van der Waals surface area contributed by atoms with Gasteiger partial charge in [-0.3, -0.25) is 0 Å². The Labute approximate surface area is 105 Å². The molecule has 1 heterocycles. The Hall–Kier alpha value is -1.62. The summed E-state index contributed by atoms with van der Waals surface area (Å²) >= 11 is 6.05. The topological polar surface area (TPSA) is 75.1 Å². The number of aromatic nitrogens is 1. The minimum Gasteiger partial charge on any atom is -0.462 e. The Morgan fingerprint density at radius 3 is 2.88 bits per heavy atom. The molecule has 0 bridgehead atoms. The number of halogens is 1. The van der Waals surface area contributed by atoms with Crippen LogP contribution in [0.25, 0.3) is 0 Å². The number of carbonyl (C=O) groups excluding carboxylic acids is 1. The van der Waals surface area contributed by atoms with Gasteiger partial charge in [-0.25, -0.2) is 9.78 Å². The molecule has 0 saturated heterocycles. The molecule has 0 fully saturated rings. The van der Waals surface area contributed by atoms with Crippen LogP contribution in [-0.2, 0) is 4.74 Å². The zero-order valence-electron chi connectivity index (χ0n) is 9.71. The maximum Gasteiger partial charge on any atom is 0.341 e. The highest BCUT2D eigenvalue weighted by atomic mass is 35.5. The van der Waals surface area contributed by atoms with Gasteiger partial charge in [0.1, 0.15) is 5.82 Å². The van der Waals surface area contributed by atoms with E-state index in [4.69, 9.17) is 21.7 Å². The number of pyridine rings is 1. The number of hydrogen-bond acceptors (Lipinski definition) is 5. The average molecular weight is 256 g/mol. The van der Waals surface area contributed by atoms with Crippen molar-refractivity contribution in [1.82, 2.24) is 4.98 Å². The predicted molar refractivity (Wildman–Crippen MR) is 67.3 cm³/mol. The lowest BCUT2D eigenvalue weighted by molar-refractivity contribution is 0.0526. The van der Waals surface area contributed by atoms with Crippen molar-refractivity contribution in [2.45, 2.75) is 13.8 Å². The molecule has 0 spiro atoms. The van der Waals surface area contributed by atoms with E-state index in [0.29, 0.717) is 17.9 Å². The molecule has 1 aromatic heterocycles. The standard InChI is InChI=1S/C11H14ClN3O2/c1-3-14-10-7(5-13)9(12)8(6-15-10)11(16)17-4-2/h5-6,13H,3-4H2,1-2H3,(H,14,15). The SMILES string of the molecule is CCNc1ncc(C(=O)OCC)c(Cl)c1C=N. The number of ether oxygens (including phenoxy) is 1. The summed E-state index contributed by atoms with van der Waals surface area (Å²) in [6, 6.07) is 0. The average Bonchev–Trinajstić information content (AvgIpc) is 2.30. The zero-order chi connectivity index (χ0) is 12.8. The molecule has 0 atom stereocenters. The van der Waals surface area contributed by atoms with Gasteiger partial charge >= 0.3 is 5.97 Å². The molecule has 5 nitrogen and oxygen atoms in total. The number of esters is 1.